The lowest BCUT2D eigenvalue weighted by atomic mass is 9.92. The molecule has 0 unspecified atom stereocenters. The zero-order chi connectivity index (χ0) is 20.3. The molecule has 1 aromatic heterocycles. The van der Waals surface area contributed by atoms with Crippen molar-refractivity contribution in [2.45, 2.75) is 53.4 Å². The number of hydrogen-bond acceptors (Lipinski definition) is 5. The number of aryl methyl sites for hydroxylation is 1. The van der Waals surface area contributed by atoms with Gasteiger partial charge in [-0.05, 0) is 36.4 Å². The molecule has 0 amide bonds. The van der Waals surface area contributed by atoms with E-state index in [4.69, 9.17) is 9.97 Å². The number of rotatable bonds is 6. The fourth-order valence-electron chi connectivity index (χ4n) is 3.89. The van der Waals surface area contributed by atoms with Gasteiger partial charge in [0.1, 0.15) is 17.5 Å². The average Bonchev–Trinajstić information content (AvgIpc) is 2.67. The molecule has 152 valence electrons. The summed E-state index contributed by atoms with van der Waals surface area (Å²) >= 11 is 0. The maximum atomic E-state index is 4.72. The summed E-state index contributed by atoms with van der Waals surface area (Å²) in [6, 6.07) is 8.71. The highest BCUT2D eigenvalue weighted by atomic mass is 15.3. The van der Waals surface area contributed by atoms with E-state index >= 15 is 0 Å². The lowest BCUT2D eigenvalue weighted by molar-refractivity contribution is 0.270. The van der Waals surface area contributed by atoms with E-state index in [-0.39, 0.29) is 0 Å². The van der Waals surface area contributed by atoms with Crippen LogP contribution in [0.4, 0.5) is 17.3 Å². The summed E-state index contributed by atoms with van der Waals surface area (Å²) in [7, 11) is 0. The van der Waals surface area contributed by atoms with Gasteiger partial charge in [-0.15, -0.1) is 0 Å². The maximum absolute atomic E-state index is 4.72. The molecule has 0 saturated carbocycles. The number of piperazine rings is 1. The predicted molar refractivity (Wildman–Crippen MR) is 119 cm³/mol. The third-order valence-corrected chi connectivity index (χ3v) is 5.59. The summed E-state index contributed by atoms with van der Waals surface area (Å²) in [6.45, 7) is 18.5. The van der Waals surface area contributed by atoms with Crippen molar-refractivity contribution < 1.29 is 0 Å². The third-order valence-electron chi connectivity index (χ3n) is 5.59. The molecule has 1 saturated heterocycles. The molecule has 0 atom stereocenters. The van der Waals surface area contributed by atoms with Gasteiger partial charge in [0, 0.05) is 37.9 Å². The van der Waals surface area contributed by atoms with Gasteiger partial charge < -0.3 is 15.1 Å². The monoisotopic (exact) mass is 381 g/mol. The van der Waals surface area contributed by atoms with Crippen LogP contribution in [0.5, 0.6) is 0 Å². The number of anilines is 3. The molecule has 0 aliphatic carbocycles. The van der Waals surface area contributed by atoms with E-state index in [1.165, 1.54) is 16.8 Å². The minimum absolute atomic E-state index is 0.450. The van der Waals surface area contributed by atoms with E-state index in [1.54, 1.807) is 0 Å². The highest BCUT2D eigenvalue weighted by Crippen LogP contribution is 2.34. The summed E-state index contributed by atoms with van der Waals surface area (Å²) < 4.78 is 0. The van der Waals surface area contributed by atoms with Crippen LogP contribution in [0.15, 0.2) is 24.3 Å². The summed E-state index contributed by atoms with van der Waals surface area (Å²) in [4.78, 5) is 14.3. The van der Waals surface area contributed by atoms with Gasteiger partial charge in [0.25, 0.3) is 0 Å². The minimum atomic E-state index is 0.450. The molecule has 1 N–H and O–H groups in total. The number of nitrogens with zero attached hydrogens (tertiary/aromatic N) is 4. The molecule has 1 aromatic carbocycles. The van der Waals surface area contributed by atoms with Gasteiger partial charge in [0.2, 0.25) is 0 Å². The Hall–Kier alpha value is -2.14. The van der Waals surface area contributed by atoms with Crippen LogP contribution in [0.1, 0.15) is 63.4 Å². The van der Waals surface area contributed by atoms with Gasteiger partial charge in [-0.3, -0.25) is 0 Å². The second-order valence-electron chi connectivity index (χ2n) is 8.33. The molecule has 2 heterocycles. The van der Waals surface area contributed by atoms with Crippen molar-refractivity contribution in [3.63, 3.8) is 0 Å². The maximum Gasteiger partial charge on any atom is 0.136 e. The molecule has 1 aliphatic heterocycles. The molecule has 28 heavy (non-hydrogen) atoms. The SMILES string of the molecule is CCN1CCN(c2cc(Nc3c(C(C)C)cccc3C(C)C)nc(C)n2)CC1. The van der Waals surface area contributed by atoms with E-state index in [1.807, 2.05) is 6.92 Å². The molecular formula is C23H35N5. The van der Waals surface area contributed by atoms with E-state index in [0.717, 1.165) is 50.2 Å². The fourth-order valence-corrected chi connectivity index (χ4v) is 3.89. The van der Waals surface area contributed by atoms with Crippen molar-refractivity contribution in [1.82, 2.24) is 14.9 Å². The third kappa shape index (κ3) is 4.64. The Kier molecular flexibility index (Phi) is 6.55. The summed E-state index contributed by atoms with van der Waals surface area (Å²) in [5, 5.41) is 3.66. The first-order valence-corrected chi connectivity index (χ1v) is 10.6. The number of benzene rings is 1. The van der Waals surface area contributed by atoms with Crippen LogP contribution in [-0.4, -0.2) is 47.6 Å². The zero-order valence-electron chi connectivity index (χ0n) is 18.3. The molecule has 5 heteroatoms. The Balaban J connectivity index is 1.91. The summed E-state index contributed by atoms with van der Waals surface area (Å²) in [6.07, 6.45) is 0. The number of para-hydroxylation sites is 1. The van der Waals surface area contributed by atoms with E-state index in [2.05, 4.69) is 74.0 Å². The Labute approximate surface area is 170 Å². The highest BCUT2D eigenvalue weighted by Gasteiger charge is 2.19. The van der Waals surface area contributed by atoms with Gasteiger partial charge >= 0.3 is 0 Å². The van der Waals surface area contributed by atoms with Crippen molar-refractivity contribution in [1.29, 1.82) is 0 Å². The first kappa shape index (κ1) is 20.6. The van der Waals surface area contributed by atoms with E-state index < -0.39 is 0 Å². The largest absolute Gasteiger partial charge is 0.354 e. The normalized spacial score (nSPS) is 15.5. The van der Waals surface area contributed by atoms with Crippen molar-refractivity contribution >= 4 is 17.3 Å². The van der Waals surface area contributed by atoms with Crippen molar-refractivity contribution in [3.8, 4) is 0 Å². The molecule has 0 spiro atoms. The number of aromatic nitrogens is 2. The summed E-state index contributed by atoms with van der Waals surface area (Å²) in [5.41, 5.74) is 3.87. The smallest absolute Gasteiger partial charge is 0.136 e. The number of hydrogen-bond donors (Lipinski definition) is 1. The topological polar surface area (TPSA) is 44.3 Å². The minimum Gasteiger partial charge on any atom is -0.354 e. The molecule has 0 radical (unpaired) electrons. The first-order chi connectivity index (χ1) is 13.4. The Bertz CT molecular complexity index is 765. The average molecular weight is 382 g/mol. The Morgan fingerprint density at radius 1 is 0.964 bits per heavy atom. The summed E-state index contributed by atoms with van der Waals surface area (Å²) in [5.74, 6) is 3.62. The van der Waals surface area contributed by atoms with E-state index in [0.29, 0.717) is 11.8 Å². The second kappa shape index (κ2) is 8.91. The second-order valence-corrected chi connectivity index (χ2v) is 8.33. The molecule has 3 rings (SSSR count). The van der Waals surface area contributed by atoms with Crippen LogP contribution in [0.3, 0.4) is 0 Å². The molecule has 1 aliphatic rings. The molecule has 5 nitrogen and oxygen atoms in total. The van der Waals surface area contributed by atoms with Gasteiger partial charge in [0.15, 0.2) is 0 Å². The lowest BCUT2D eigenvalue weighted by Gasteiger charge is -2.35. The number of nitrogens with one attached hydrogen (secondary N) is 1. The predicted octanol–water partition coefficient (Wildman–Crippen LogP) is 4.92. The van der Waals surface area contributed by atoms with Crippen LogP contribution in [-0.2, 0) is 0 Å². The van der Waals surface area contributed by atoms with Crippen LogP contribution >= 0.6 is 0 Å². The quantitative estimate of drug-likeness (QED) is 0.769. The first-order valence-electron chi connectivity index (χ1n) is 10.6. The molecule has 1 fully saturated rings. The van der Waals surface area contributed by atoms with E-state index in [9.17, 15) is 0 Å². The van der Waals surface area contributed by atoms with Gasteiger partial charge in [-0.25, -0.2) is 9.97 Å². The standard InChI is InChI=1S/C23H35N5/c1-7-27-11-13-28(14-12-27)22-15-21(24-18(6)25-22)26-23-19(16(2)3)9-8-10-20(23)17(4)5/h8-10,15-17H,7,11-14H2,1-6H3,(H,24,25,26). The van der Waals surface area contributed by atoms with Crippen molar-refractivity contribution in [2.24, 2.45) is 0 Å². The van der Waals surface area contributed by atoms with Gasteiger partial charge in [-0.2, -0.15) is 0 Å². The van der Waals surface area contributed by atoms with Crippen molar-refractivity contribution in [3.05, 3.63) is 41.2 Å². The van der Waals surface area contributed by atoms with Crippen LogP contribution in [0.2, 0.25) is 0 Å². The lowest BCUT2D eigenvalue weighted by Crippen LogP contribution is -2.46. The highest BCUT2D eigenvalue weighted by molar-refractivity contribution is 5.68. The Morgan fingerprint density at radius 3 is 2.11 bits per heavy atom. The molecular weight excluding hydrogens is 346 g/mol. The van der Waals surface area contributed by atoms with Crippen LogP contribution in [0, 0.1) is 6.92 Å². The van der Waals surface area contributed by atoms with Gasteiger partial charge in [-0.1, -0.05) is 52.8 Å². The molecule has 0 bridgehead atoms. The van der Waals surface area contributed by atoms with Crippen molar-refractivity contribution in [2.75, 3.05) is 42.9 Å². The molecule has 2 aromatic rings. The number of likely N-dealkylation sites (N-methyl/N-ethyl adjacent to an activating group) is 1. The van der Waals surface area contributed by atoms with Crippen LogP contribution in [0.25, 0.3) is 0 Å². The van der Waals surface area contributed by atoms with Gasteiger partial charge in [0.05, 0.1) is 0 Å². The van der Waals surface area contributed by atoms with Crippen LogP contribution < -0.4 is 10.2 Å². The fraction of sp³-hybridized carbons (Fsp3) is 0.565. The zero-order valence-corrected chi connectivity index (χ0v) is 18.3. The Morgan fingerprint density at radius 2 is 1.57 bits per heavy atom.